The molecule has 0 aliphatic carbocycles. The van der Waals surface area contributed by atoms with Gasteiger partial charge in [-0.1, -0.05) is 30.3 Å². The standard InChI is InChI=1S/C17H22N2O3/c20-16(15-7-4-9-18-15)19-10-8-14(11-19)17(21)22-12-13-5-2-1-3-6-13/h1-3,5-6,14-15,18H,4,7-12H2/t14-,15-/m0/s1. The number of hydrogen-bond donors (Lipinski definition) is 1. The highest BCUT2D eigenvalue weighted by Gasteiger charge is 2.35. The molecule has 1 N–H and O–H groups in total. The van der Waals surface area contributed by atoms with Crippen molar-refractivity contribution in [2.45, 2.75) is 31.9 Å². The largest absolute Gasteiger partial charge is 0.461 e. The summed E-state index contributed by atoms with van der Waals surface area (Å²) in [6.45, 7) is 2.36. The summed E-state index contributed by atoms with van der Waals surface area (Å²) < 4.78 is 5.37. The maximum Gasteiger partial charge on any atom is 0.311 e. The van der Waals surface area contributed by atoms with Crippen LogP contribution >= 0.6 is 0 Å². The van der Waals surface area contributed by atoms with Crippen LogP contribution in [0.4, 0.5) is 0 Å². The van der Waals surface area contributed by atoms with Crippen LogP contribution in [-0.2, 0) is 20.9 Å². The first-order valence-corrected chi connectivity index (χ1v) is 7.97. The summed E-state index contributed by atoms with van der Waals surface area (Å²) in [6, 6.07) is 9.59. The van der Waals surface area contributed by atoms with Crippen molar-refractivity contribution in [3.63, 3.8) is 0 Å². The molecule has 1 aromatic carbocycles. The number of nitrogens with one attached hydrogen (secondary N) is 1. The lowest BCUT2D eigenvalue weighted by atomic mass is 10.1. The minimum absolute atomic E-state index is 0.0564. The highest BCUT2D eigenvalue weighted by Crippen LogP contribution is 2.21. The number of nitrogens with zero attached hydrogens (tertiary/aromatic N) is 1. The van der Waals surface area contributed by atoms with E-state index in [2.05, 4.69) is 5.32 Å². The fraction of sp³-hybridized carbons (Fsp3) is 0.529. The van der Waals surface area contributed by atoms with Crippen LogP contribution in [0.2, 0.25) is 0 Å². The molecule has 2 aliphatic rings. The van der Waals surface area contributed by atoms with Crippen LogP contribution in [0, 0.1) is 5.92 Å². The molecule has 0 radical (unpaired) electrons. The van der Waals surface area contributed by atoms with Gasteiger partial charge in [0.15, 0.2) is 0 Å². The lowest BCUT2D eigenvalue weighted by Crippen LogP contribution is -2.42. The van der Waals surface area contributed by atoms with Crippen molar-refractivity contribution in [3.8, 4) is 0 Å². The van der Waals surface area contributed by atoms with Gasteiger partial charge in [-0.3, -0.25) is 9.59 Å². The van der Waals surface area contributed by atoms with E-state index >= 15 is 0 Å². The normalized spacial score (nSPS) is 24.5. The molecule has 2 atom stereocenters. The molecule has 0 bridgehead atoms. The summed E-state index contributed by atoms with van der Waals surface area (Å²) in [7, 11) is 0. The van der Waals surface area contributed by atoms with Gasteiger partial charge in [0, 0.05) is 13.1 Å². The van der Waals surface area contributed by atoms with E-state index < -0.39 is 0 Å². The summed E-state index contributed by atoms with van der Waals surface area (Å²) in [6.07, 6.45) is 2.65. The maximum atomic E-state index is 12.3. The van der Waals surface area contributed by atoms with E-state index in [0.29, 0.717) is 26.1 Å². The van der Waals surface area contributed by atoms with Gasteiger partial charge in [-0.2, -0.15) is 0 Å². The van der Waals surface area contributed by atoms with Gasteiger partial charge in [0.1, 0.15) is 6.61 Å². The Bertz CT molecular complexity index is 526. The minimum Gasteiger partial charge on any atom is -0.461 e. The first-order valence-electron chi connectivity index (χ1n) is 7.97. The van der Waals surface area contributed by atoms with Gasteiger partial charge in [0.05, 0.1) is 12.0 Å². The highest BCUT2D eigenvalue weighted by atomic mass is 16.5. The van der Waals surface area contributed by atoms with Gasteiger partial charge < -0.3 is 15.0 Å². The maximum absolute atomic E-state index is 12.3. The predicted molar refractivity (Wildman–Crippen MR) is 81.9 cm³/mol. The van der Waals surface area contributed by atoms with Crippen molar-refractivity contribution < 1.29 is 14.3 Å². The number of carbonyl (C=O) groups is 2. The fourth-order valence-corrected chi connectivity index (χ4v) is 3.12. The van der Waals surface area contributed by atoms with Crippen LogP contribution in [0.25, 0.3) is 0 Å². The van der Waals surface area contributed by atoms with Gasteiger partial charge in [-0.15, -0.1) is 0 Å². The lowest BCUT2D eigenvalue weighted by molar-refractivity contribution is -0.149. The van der Waals surface area contributed by atoms with E-state index in [0.717, 1.165) is 24.9 Å². The third kappa shape index (κ3) is 3.47. The summed E-state index contributed by atoms with van der Waals surface area (Å²) in [4.78, 5) is 26.2. The van der Waals surface area contributed by atoms with Gasteiger partial charge in [0.25, 0.3) is 0 Å². The summed E-state index contributed by atoms with van der Waals surface area (Å²) in [5.74, 6) is -0.247. The first-order chi connectivity index (χ1) is 10.7. The molecule has 2 heterocycles. The van der Waals surface area contributed by atoms with E-state index in [1.807, 2.05) is 30.3 Å². The monoisotopic (exact) mass is 302 g/mol. The zero-order chi connectivity index (χ0) is 15.4. The average Bonchev–Trinajstić information content (AvgIpc) is 3.24. The SMILES string of the molecule is O=C(OCc1ccccc1)[C@H]1CCN(C(=O)[C@@H]2CCCN2)C1. The van der Waals surface area contributed by atoms with Gasteiger partial charge in [0.2, 0.25) is 5.91 Å². The van der Waals surface area contributed by atoms with Gasteiger partial charge in [-0.05, 0) is 31.4 Å². The molecule has 3 rings (SSSR count). The number of carbonyl (C=O) groups excluding carboxylic acids is 2. The predicted octanol–water partition coefficient (Wildman–Crippen LogP) is 1.33. The molecule has 0 saturated carbocycles. The Morgan fingerprint density at radius 3 is 2.77 bits per heavy atom. The van der Waals surface area contributed by atoms with E-state index in [-0.39, 0.29) is 23.8 Å². The van der Waals surface area contributed by atoms with Crippen molar-refractivity contribution in [1.82, 2.24) is 10.2 Å². The number of likely N-dealkylation sites (tertiary alicyclic amines) is 1. The molecule has 2 aliphatic heterocycles. The fourth-order valence-electron chi connectivity index (χ4n) is 3.12. The summed E-state index contributed by atoms with van der Waals surface area (Å²) in [5.41, 5.74) is 0.983. The molecule has 2 fully saturated rings. The zero-order valence-corrected chi connectivity index (χ0v) is 12.7. The van der Waals surface area contributed by atoms with Crippen molar-refractivity contribution >= 4 is 11.9 Å². The Morgan fingerprint density at radius 2 is 2.05 bits per heavy atom. The van der Waals surface area contributed by atoms with Crippen LogP contribution in [0.1, 0.15) is 24.8 Å². The Labute approximate surface area is 130 Å². The second-order valence-corrected chi connectivity index (χ2v) is 6.01. The third-order valence-electron chi connectivity index (χ3n) is 4.42. The molecule has 22 heavy (non-hydrogen) atoms. The summed E-state index contributed by atoms with van der Waals surface area (Å²) in [5, 5.41) is 3.22. The Balaban J connectivity index is 1.47. The minimum atomic E-state index is -0.196. The number of amides is 1. The highest BCUT2D eigenvalue weighted by molar-refractivity contribution is 5.83. The molecular formula is C17H22N2O3. The molecule has 0 spiro atoms. The second kappa shape index (κ2) is 6.92. The number of benzene rings is 1. The molecule has 5 nitrogen and oxygen atoms in total. The molecule has 1 aromatic rings. The number of hydrogen-bond acceptors (Lipinski definition) is 4. The van der Waals surface area contributed by atoms with Gasteiger partial charge in [-0.25, -0.2) is 0 Å². The van der Waals surface area contributed by atoms with Crippen LogP contribution < -0.4 is 5.32 Å². The molecule has 5 heteroatoms. The molecular weight excluding hydrogens is 280 g/mol. The molecule has 2 saturated heterocycles. The van der Waals surface area contributed by atoms with Crippen molar-refractivity contribution in [2.24, 2.45) is 5.92 Å². The molecule has 0 aromatic heterocycles. The summed E-state index contributed by atoms with van der Waals surface area (Å²) >= 11 is 0. The van der Waals surface area contributed by atoms with Crippen LogP contribution in [0.3, 0.4) is 0 Å². The smallest absolute Gasteiger partial charge is 0.311 e. The Morgan fingerprint density at radius 1 is 1.23 bits per heavy atom. The second-order valence-electron chi connectivity index (χ2n) is 6.01. The molecule has 118 valence electrons. The van der Waals surface area contributed by atoms with E-state index in [1.165, 1.54) is 0 Å². The molecule has 1 amide bonds. The zero-order valence-electron chi connectivity index (χ0n) is 12.7. The van der Waals surface area contributed by atoms with Crippen molar-refractivity contribution in [1.29, 1.82) is 0 Å². The molecule has 0 unspecified atom stereocenters. The van der Waals surface area contributed by atoms with Crippen LogP contribution in [0.15, 0.2) is 30.3 Å². The lowest BCUT2D eigenvalue weighted by Gasteiger charge is -2.20. The third-order valence-corrected chi connectivity index (χ3v) is 4.42. The number of ether oxygens (including phenoxy) is 1. The van der Waals surface area contributed by atoms with E-state index in [1.54, 1.807) is 4.90 Å². The quantitative estimate of drug-likeness (QED) is 0.853. The van der Waals surface area contributed by atoms with Crippen LogP contribution in [-0.4, -0.2) is 42.5 Å². The van der Waals surface area contributed by atoms with E-state index in [4.69, 9.17) is 4.74 Å². The van der Waals surface area contributed by atoms with Crippen molar-refractivity contribution in [2.75, 3.05) is 19.6 Å². The van der Waals surface area contributed by atoms with Crippen LogP contribution in [0.5, 0.6) is 0 Å². The first kappa shape index (κ1) is 15.0. The average molecular weight is 302 g/mol. The number of rotatable bonds is 4. The van der Waals surface area contributed by atoms with Gasteiger partial charge >= 0.3 is 5.97 Å². The van der Waals surface area contributed by atoms with Crippen molar-refractivity contribution in [3.05, 3.63) is 35.9 Å². The Kier molecular flexibility index (Phi) is 4.73. The number of esters is 1. The topological polar surface area (TPSA) is 58.6 Å². The Hall–Kier alpha value is -1.88. The van der Waals surface area contributed by atoms with E-state index in [9.17, 15) is 9.59 Å².